The van der Waals surface area contributed by atoms with Crippen molar-refractivity contribution >= 4 is 46.1 Å². The van der Waals surface area contributed by atoms with Crippen molar-refractivity contribution in [1.82, 2.24) is 9.78 Å². The van der Waals surface area contributed by atoms with E-state index in [0.717, 1.165) is 23.8 Å². The number of halogens is 5. The third-order valence-corrected chi connectivity index (χ3v) is 4.87. The Morgan fingerprint density at radius 2 is 2.04 bits per heavy atom. The molecule has 0 aliphatic carbocycles. The molecule has 10 heteroatoms. The Morgan fingerprint density at radius 3 is 2.69 bits per heavy atom. The zero-order chi connectivity index (χ0) is 18.9. The summed E-state index contributed by atoms with van der Waals surface area (Å²) in [4.78, 5) is 12.7. The first kappa shape index (κ1) is 18.8. The van der Waals surface area contributed by atoms with Crippen molar-refractivity contribution in [3.8, 4) is 0 Å². The minimum absolute atomic E-state index is 0.0225. The molecule has 0 radical (unpaired) electrons. The van der Waals surface area contributed by atoms with E-state index in [0.29, 0.717) is 16.4 Å². The van der Waals surface area contributed by atoms with Crippen LogP contribution in [-0.2, 0) is 12.7 Å². The molecule has 0 aliphatic rings. The number of carbonyl (C=O) groups excluding carboxylic acids is 1. The molecule has 0 fully saturated rings. The second-order valence-corrected chi connectivity index (χ2v) is 7.08. The van der Waals surface area contributed by atoms with Gasteiger partial charge in [-0.05, 0) is 35.2 Å². The Kier molecular flexibility index (Phi) is 5.27. The van der Waals surface area contributed by atoms with Crippen LogP contribution in [0.15, 0.2) is 42.0 Å². The zero-order valence-corrected chi connectivity index (χ0v) is 15.2. The smallest absolute Gasteiger partial charge is 0.320 e. The maximum atomic E-state index is 12.8. The van der Waals surface area contributed by atoms with E-state index in [-0.39, 0.29) is 10.7 Å². The quantitative estimate of drug-likeness (QED) is 0.600. The minimum atomic E-state index is -4.52. The van der Waals surface area contributed by atoms with E-state index < -0.39 is 17.6 Å². The predicted molar refractivity (Wildman–Crippen MR) is 95.1 cm³/mol. The van der Waals surface area contributed by atoms with Crippen molar-refractivity contribution in [1.29, 1.82) is 0 Å². The first-order valence-electron chi connectivity index (χ1n) is 7.16. The van der Waals surface area contributed by atoms with Crippen LogP contribution < -0.4 is 5.32 Å². The molecule has 0 saturated heterocycles. The Bertz CT molecular complexity index is 952. The van der Waals surface area contributed by atoms with Crippen LogP contribution in [0.3, 0.4) is 0 Å². The lowest BCUT2D eigenvalue weighted by molar-refractivity contribution is -0.137. The number of carbonyl (C=O) groups is 1. The molecule has 3 aromatic rings. The number of hydrogen-bond acceptors (Lipinski definition) is 3. The number of hydrogen-bond donors (Lipinski definition) is 1. The van der Waals surface area contributed by atoms with Crippen molar-refractivity contribution in [2.24, 2.45) is 0 Å². The van der Waals surface area contributed by atoms with Crippen LogP contribution >= 0.6 is 34.5 Å². The average molecular weight is 420 g/mol. The summed E-state index contributed by atoms with van der Waals surface area (Å²) < 4.78 is 40.0. The highest BCUT2D eigenvalue weighted by atomic mass is 35.5. The van der Waals surface area contributed by atoms with E-state index in [1.807, 2.05) is 0 Å². The Balaban J connectivity index is 1.74. The van der Waals surface area contributed by atoms with Crippen LogP contribution in [0.25, 0.3) is 0 Å². The summed E-state index contributed by atoms with van der Waals surface area (Å²) in [6, 6.07) is 4.40. The van der Waals surface area contributed by atoms with Gasteiger partial charge in [0.15, 0.2) is 0 Å². The van der Waals surface area contributed by atoms with E-state index in [1.54, 1.807) is 22.3 Å². The standard InChI is InChI=1S/C16H10Cl2F3N3OS/c17-11-5-22-24(7-11)6-9-3-14(26-8-9)15(25)23-13-4-10(16(19,20)21)1-2-12(13)18/h1-5,7-8H,6H2,(H,23,25). The van der Waals surface area contributed by atoms with Gasteiger partial charge in [0, 0.05) is 6.20 Å². The first-order chi connectivity index (χ1) is 12.2. The lowest BCUT2D eigenvalue weighted by atomic mass is 10.2. The number of nitrogens with one attached hydrogen (secondary N) is 1. The molecule has 2 heterocycles. The number of benzene rings is 1. The maximum absolute atomic E-state index is 12.8. The number of alkyl halides is 3. The number of thiophene rings is 1. The Labute approximate surface area is 160 Å². The lowest BCUT2D eigenvalue weighted by Crippen LogP contribution is -2.12. The topological polar surface area (TPSA) is 46.9 Å². The van der Waals surface area contributed by atoms with Gasteiger partial charge in [-0.3, -0.25) is 9.48 Å². The predicted octanol–water partition coefficient (Wildman–Crippen LogP) is 5.57. The van der Waals surface area contributed by atoms with Gasteiger partial charge in [-0.25, -0.2) is 0 Å². The van der Waals surface area contributed by atoms with Gasteiger partial charge in [-0.1, -0.05) is 23.2 Å². The van der Waals surface area contributed by atoms with Gasteiger partial charge in [0.2, 0.25) is 0 Å². The molecular formula is C16H10Cl2F3N3OS. The molecule has 0 bridgehead atoms. The molecule has 1 aromatic carbocycles. The van der Waals surface area contributed by atoms with Gasteiger partial charge in [0.05, 0.1) is 38.9 Å². The van der Waals surface area contributed by atoms with Crippen LogP contribution in [-0.4, -0.2) is 15.7 Å². The SMILES string of the molecule is O=C(Nc1cc(C(F)(F)F)ccc1Cl)c1cc(Cn2cc(Cl)cn2)cs1. The fourth-order valence-electron chi connectivity index (χ4n) is 2.17. The van der Waals surface area contributed by atoms with Crippen LogP contribution in [0.5, 0.6) is 0 Å². The molecular weight excluding hydrogens is 410 g/mol. The molecule has 1 N–H and O–H groups in total. The van der Waals surface area contributed by atoms with E-state index in [4.69, 9.17) is 23.2 Å². The molecule has 0 atom stereocenters. The third-order valence-electron chi connectivity index (χ3n) is 3.37. The van der Waals surface area contributed by atoms with E-state index in [9.17, 15) is 18.0 Å². The normalized spacial score (nSPS) is 11.6. The lowest BCUT2D eigenvalue weighted by Gasteiger charge is -2.11. The van der Waals surface area contributed by atoms with Crippen LogP contribution in [0.1, 0.15) is 20.8 Å². The zero-order valence-electron chi connectivity index (χ0n) is 12.8. The maximum Gasteiger partial charge on any atom is 0.416 e. The van der Waals surface area contributed by atoms with Crippen molar-refractivity contribution in [3.05, 3.63) is 68.1 Å². The fourth-order valence-corrected chi connectivity index (χ4v) is 3.29. The van der Waals surface area contributed by atoms with Gasteiger partial charge in [0.25, 0.3) is 5.91 Å². The largest absolute Gasteiger partial charge is 0.416 e. The molecule has 2 aromatic heterocycles. The van der Waals surface area contributed by atoms with Crippen molar-refractivity contribution < 1.29 is 18.0 Å². The highest BCUT2D eigenvalue weighted by molar-refractivity contribution is 7.12. The fraction of sp³-hybridized carbons (Fsp3) is 0.125. The van der Waals surface area contributed by atoms with Gasteiger partial charge in [0.1, 0.15) is 0 Å². The average Bonchev–Trinajstić information content (AvgIpc) is 3.18. The van der Waals surface area contributed by atoms with Crippen LogP contribution in [0, 0.1) is 0 Å². The molecule has 0 unspecified atom stereocenters. The Morgan fingerprint density at radius 1 is 1.27 bits per heavy atom. The van der Waals surface area contributed by atoms with Gasteiger partial charge < -0.3 is 5.32 Å². The number of amides is 1. The van der Waals surface area contributed by atoms with Crippen LogP contribution in [0.2, 0.25) is 10.0 Å². The summed E-state index contributed by atoms with van der Waals surface area (Å²) in [5.74, 6) is -0.541. The molecule has 0 spiro atoms. The summed E-state index contributed by atoms with van der Waals surface area (Å²) >= 11 is 12.9. The molecule has 0 aliphatic heterocycles. The second-order valence-electron chi connectivity index (χ2n) is 5.32. The van der Waals surface area contributed by atoms with Crippen LogP contribution in [0.4, 0.5) is 18.9 Å². The van der Waals surface area contributed by atoms with Gasteiger partial charge in [-0.2, -0.15) is 18.3 Å². The monoisotopic (exact) mass is 419 g/mol. The minimum Gasteiger partial charge on any atom is -0.320 e. The van der Waals surface area contributed by atoms with Gasteiger partial charge in [-0.15, -0.1) is 11.3 Å². The number of aromatic nitrogens is 2. The third kappa shape index (κ3) is 4.38. The molecule has 0 saturated carbocycles. The summed E-state index contributed by atoms with van der Waals surface area (Å²) in [7, 11) is 0. The number of anilines is 1. The summed E-state index contributed by atoms with van der Waals surface area (Å²) in [6.07, 6.45) is -1.39. The molecule has 136 valence electrons. The van der Waals surface area contributed by atoms with E-state index in [2.05, 4.69) is 10.4 Å². The van der Waals surface area contributed by atoms with Crippen molar-refractivity contribution in [2.75, 3.05) is 5.32 Å². The number of nitrogens with zero attached hydrogens (tertiary/aromatic N) is 2. The van der Waals surface area contributed by atoms with Gasteiger partial charge >= 0.3 is 6.18 Å². The molecule has 1 amide bonds. The molecule has 26 heavy (non-hydrogen) atoms. The van der Waals surface area contributed by atoms with Crippen molar-refractivity contribution in [3.63, 3.8) is 0 Å². The van der Waals surface area contributed by atoms with E-state index >= 15 is 0 Å². The summed E-state index contributed by atoms with van der Waals surface area (Å²) in [6.45, 7) is 0.417. The summed E-state index contributed by atoms with van der Waals surface area (Å²) in [5.41, 5.74) is -0.171. The molecule has 4 nitrogen and oxygen atoms in total. The second kappa shape index (κ2) is 7.30. The highest BCUT2D eigenvalue weighted by Crippen LogP contribution is 2.34. The van der Waals surface area contributed by atoms with E-state index in [1.165, 1.54) is 17.5 Å². The highest BCUT2D eigenvalue weighted by Gasteiger charge is 2.31. The molecule has 3 rings (SSSR count). The van der Waals surface area contributed by atoms with Crippen molar-refractivity contribution in [2.45, 2.75) is 12.7 Å². The summed E-state index contributed by atoms with van der Waals surface area (Å²) in [5, 5.41) is 8.74. The number of rotatable bonds is 4. The first-order valence-corrected chi connectivity index (χ1v) is 8.79. The Hall–Kier alpha value is -2.03.